The van der Waals surface area contributed by atoms with Crippen LogP contribution in [-0.2, 0) is 0 Å². The second-order valence-corrected chi connectivity index (χ2v) is 11.3. The van der Waals surface area contributed by atoms with E-state index in [2.05, 4.69) is 10.3 Å². The Morgan fingerprint density at radius 3 is 2.62 bits per heavy atom. The van der Waals surface area contributed by atoms with Gasteiger partial charge in [-0.25, -0.2) is 18.3 Å². The molecule has 4 aromatic rings. The van der Waals surface area contributed by atoms with Gasteiger partial charge in [0.15, 0.2) is 23.1 Å². The van der Waals surface area contributed by atoms with Crippen LogP contribution in [0, 0.1) is 24.5 Å². The van der Waals surface area contributed by atoms with E-state index < -0.39 is 17.2 Å². The van der Waals surface area contributed by atoms with Crippen LogP contribution in [0.25, 0.3) is 16.9 Å². The average Bonchev–Trinajstić information content (AvgIpc) is 3.54. The number of Topliss-reactive ketones (excluding diaryl/α,β-unsaturated/α-hetero) is 1. The van der Waals surface area contributed by atoms with Gasteiger partial charge >= 0.3 is 0 Å². The first-order valence-electron chi connectivity index (χ1n) is 12.2. The van der Waals surface area contributed by atoms with Crippen molar-refractivity contribution in [3.63, 3.8) is 0 Å². The van der Waals surface area contributed by atoms with Gasteiger partial charge in [0.25, 0.3) is 0 Å². The van der Waals surface area contributed by atoms with E-state index in [0.29, 0.717) is 33.6 Å². The number of nitrogens with one attached hydrogen (secondary N) is 1. The van der Waals surface area contributed by atoms with E-state index in [1.165, 1.54) is 17.8 Å². The summed E-state index contributed by atoms with van der Waals surface area (Å²) in [6, 6.07) is 11.2. The predicted octanol–water partition coefficient (Wildman–Crippen LogP) is 6.30. The standard InChI is InChI=1S/C28H28F2N4O2S/c1-16-10-18(6-8-20(16)25(35)11-17-4-5-17)24-14-31-27-23(32-15-28(2,3)36)13-26(33-34(24)27)37-19-7-9-21(29)22(30)12-19/h6-10,12-14,17,32,36H,4-5,11,15H2,1-3H3. The summed E-state index contributed by atoms with van der Waals surface area (Å²) in [7, 11) is 0. The van der Waals surface area contributed by atoms with E-state index in [0.717, 1.165) is 47.4 Å². The Bertz CT molecular complexity index is 1490. The number of anilines is 1. The predicted molar refractivity (Wildman–Crippen MR) is 140 cm³/mol. The van der Waals surface area contributed by atoms with E-state index in [9.17, 15) is 18.7 Å². The summed E-state index contributed by atoms with van der Waals surface area (Å²) < 4.78 is 28.9. The molecular formula is C28H28F2N4O2S. The Morgan fingerprint density at radius 2 is 1.95 bits per heavy atom. The summed E-state index contributed by atoms with van der Waals surface area (Å²) in [6.45, 7) is 5.59. The number of carbonyl (C=O) groups is 1. The second-order valence-electron chi connectivity index (χ2n) is 10.2. The van der Waals surface area contributed by atoms with Crippen molar-refractivity contribution in [2.24, 2.45) is 5.92 Å². The molecule has 1 fully saturated rings. The molecule has 0 radical (unpaired) electrons. The summed E-state index contributed by atoms with van der Waals surface area (Å²) in [6.07, 6.45) is 4.57. The zero-order valence-electron chi connectivity index (χ0n) is 20.9. The van der Waals surface area contributed by atoms with Crippen LogP contribution in [0.4, 0.5) is 14.5 Å². The zero-order chi connectivity index (χ0) is 26.3. The number of fused-ring (bicyclic) bond motifs is 1. The van der Waals surface area contributed by atoms with Crippen LogP contribution in [-0.4, -0.2) is 37.6 Å². The normalized spacial score (nSPS) is 13.8. The molecule has 2 aromatic heterocycles. The van der Waals surface area contributed by atoms with Gasteiger partial charge < -0.3 is 10.4 Å². The first kappa shape index (κ1) is 25.4. The number of rotatable bonds is 9. The van der Waals surface area contributed by atoms with Crippen LogP contribution in [0.1, 0.15) is 49.0 Å². The highest BCUT2D eigenvalue weighted by molar-refractivity contribution is 7.99. The lowest BCUT2D eigenvalue weighted by molar-refractivity contribution is 0.0943. The lowest BCUT2D eigenvalue weighted by Crippen LogP contribution is -2.29. The zero-order valence-corrected chi connectivity index (χ0v) is 21.7. The molecule has 0 unspecified atom stereocenters. The molecule has 0 aliphatic heterocycles. The number of ketones is 1. The highest BCUT2D eigenvalue weighted by Crippen LogP contribution is 2.35. The molecule has 1 saturated carbocycles. The number of aromatic nitrogens is 3. The number of aryl methyl sites for hydroxylation is 1. The van der Waals surface area contributed by atoms with Crippen molar-refractivity contribution in [3.05, 3.63) is 71.4 Å². The highest BCUT2D eigenvalue weighted by atomic mass is 32.2. The molecular weight excluding hydrogens is 494 g/mol. The minimum atomic E-state index is -0.969. The lowest BCUT2D eigenvalue weighted by Gasteiger charge is -2.19. The summed E-state index contributed by atoms with van der Waals surface area (Å²) in [4.78, 5) is 17.7. The third kappa shape index (κ3) is 5.83. The van der Waals surface area contributed by atoms with Gasteiger partial charge in [-0.3, -0.25) is 4.79 Å². The van der Waals surface area contributed by atoms with E-state index in [-0.39, 0.29) is 12.3 Å². The molecule has 0 amide bonds. The van der Waals surface area contributed by atoms with Gasteiger partial charge in [-0.15, -0.1) is 0 Å². The van der Waals surface area contributed by atoms with E-state index in [4.69, 9.17) is 5.10 Å². The van der Waals surface area contributed by atoms with Crippen LogP contribution in [0.5, 0.6) is 0 Å². The average molecular weight is 523 g/mol. The van der Waals surface area contributed by atoms with Gasteiger partial charge in [0.05, 0.1) is 23.2 Å². The highest BCUT2D eigenvalue weighted by Gasteiger charge is 2.26. The molecule has 2 aromatic carbocycles. The fourth-order valence-corrected chi connectivity index (χ4v) is 4.96. The molecule has 9 heteroatoms. The van der Waals surface area contributed by atoms with E-state index >= 15 is 0 Å². The molecule has 5 rings (SSSR count). The SMILES string of the molecule is Cc1cc(-c2cnc3c(NCC(C)(C)O)cc(Sc4ccc(F)c(F)c4)nn23)ccc1C(=O)CC1CC1. The fourth-order valence-electron chi connectivity index (χ4n) is 4.13. The molecule has 0 atom stereocenters. The molecule has 0 bridgehead atoms. The Hall–Kier alpha value is -3.30. The topological polar surface area (TPSA) is 79.5 Å². The quantitative estimate of drug-likeness (QED) is 0.251. The van der Waals surface area contributed by atoms with Gasteiger partial charge in [0, 0.05) is 29.0 Å². The third-order valence-electron chi connectivity index (χ3n) is 6.26. The van der Waals surface area contributed by atoms with Gasteiger partial charge in [-0.05, 0) is 75.4 Å². The maximum Gasteiger partial charge on any atom is 0.177 e. The smallest absolute Gasteiger partial charge is 0.177 e. The minimum absolute atomic E-state index is 0.172. The van der Waals surface area contributed by atoms with Crippen LogP contribution in [0.3, 0.4) is 0 Å². The van der Waals surface area contributed by atoms with Crippen molar-refractivity contribution in [3.8, 4) is 11.3 Å². The molecule has 37 heavy (non-hydrogen) atoms. The largest absolute Gasteiger partial charge is 0.389 e. The molecule has 1 aliphatic rings. The van der Waals surface area contributed by atoms with Gasteiger partial charge in [0.1, 0.15) is 5.03 Å². The molecule has 192 valence electrons. The third-order valence-corrected chi connectivity index (χ3v) is 7.16. The second kappa shape index (κ2) is 9.87. The first-order chi connectivity index (χ1) is 17.6. The summed E-state index contributed by atoms with van der Waals surface area (Å²) >= 11 is 1.19. The number of carbonyl (C=O) groups excluding carboxylic acids is 1. The van der Waals surface area contributed by atoms with Gasteiger partial charge in [0.2, 0.25) is 0 Å². The van der Waals surface area contributed by atoms with Crippen LogP contribution in [0.15, 0.2) is 58.6 Å². The van der Waals surface area contributed by atoms with Crippen molar-refractivity contribution >= 4 is 28.9 Å². The Kier molecular flexibility index (Phi) is 6.76. The van der Waals surface area contributed by atoms with Crippen LogP contribution in [0.2, 0.25) is 0 Å². The summed E-state index contributed by atoms with van der Waals surface area (Å²) in [5.41, 5.74) is 3.43. The fraction of sp³-hybridized carbons (Fsp3) is 0.321. The molecule has 0 saturated heterocycles. The number of benzene rings is 2. The van der Waals surface area contributed by atoms with Crippen LogP contribution < -0.4 is 5.32 Å². The summed E-state index contributed by atoms with van der Waals surface area (Å²) in [5, 5.41) is 18.7. The van der Waals surface area contributed by atoms with Crippen molar-refractivity contribution in [2.45, 2.75) is 55.6 Å². The van der Waals surface area contributed by atoms with Crippen molar-refractivity contribution in [1.29, 1.82) is 0 Å². The number of hydrogen-bond acceptors (Lipinski definition) is 6. The minimum Gasteiger partial charge on any atom is -0.389 e. The Labute approximate surface area is 218 Å². The Balaban J connectivity index is 1.54. The number of aliphatic hydroxyl groups is 1. The van der Waals surface area contributed by atoms with Crippen molar-refractivity contribution in [1.82, 2.24) is 14.6 Å². The van der Waals surface area contributed by atoms with E-state index in [1.54, 1.807) is 30.6 Å². The molecule has 0 spiro atoms. The monoisotopic (exact) mass is 522 g/mol. The Morgan fingerprint density at radius 1 is 1.16 bits per heavy atom. The summed E-state index contributed by atoms with van der Waals surface area (Å²) in [5.74, 6) is -1.14. The molecule has 1 aliphatic carbocycles. The molecule has 6 nitrogen and oxygen atoms in total. The first-order valence-corrected chi connectivity index (χ1v) is 13.0. The van der Waals surface area contributed by atoms with E-state index in [1.807, 2.05) is 25.1 Å². The van der Waals surface area contributed by atoms with Crippen LogP contribution >= 0.6 is 11.8 Å². The van der Waals surface area contributed by atoms with Crippen molar-refractivity contribution < 1.29 is 18.7 Å². The number of nitrogens with zero attached hydrogens (tertiary/aromatic N) is 3. The van der Waals surface area contributed by atoms with Crippen molar-refractivity contribution in [2.75, 3.05) is 11.9 Å². The maximum atomic E-state index is 13.8. The van der Waals surface area contributed by atoms with Gasteiger partial charge in [-0.1, -0.05) is 23.9 Å². The van der Waals surface area contributed by atoms with Gasteiger partial charge in [-0.2, -0.15) is 5.10 Å². The molecule has 2 N–H and O–H groups in total. The number of halogens is 2. The number of imidazole rings is 1. The number of hydrogen-bond donors (Lipinski definition) is 2. The lowest BCUT2D eigenvalue weighted by atomic mass is 9.98. The maximum absolute atomic E-state index is 13.8. The molecule has 2 heterocycles.